The molecule has 2 atom stereocenters. The van der Waals surface area contributed by atoms with Gasteiger partial charge in [-0.15, -0.1) is 0 Å². The van der Waals surface area contributed by atoms with Gasteiger partial charge < -0.3 is 5.32 Å². The van der Waals surface area contributed by atoms with E-state index in [1.807, 2.05) is 13.0 Å². The number of aryl methyl sites for hydroxylation is 1. The molecule has 2 rings (SSSR count). The molecule has 21 heavy (non-hydrogen) atoms. The van der Waals surface area contributed by atoms with Crippen molar-refractivity contribution in [2.24, 2.45) is 5.92 Å². The lowest BCUT2D eigenvalue weighted by atomic mass is 9.91. The van der Waals surface area contributed by atoms with Gasteiger partial charge in [0, 0.05) is 6.04 Å². The zero-order valence-corrected chi connectivity index (χ0v) is 13.5. The first-order valence-electron chi connectivity index (χ1n) is 7.60. The molecule has 1 aliphatic heterocycles. The molecule has 0 radical (unpaired) electrons. The normalized spacial score (nSPS) is 22.3. The lowest BCUT2D eigenvalue weighted by Crippen LogP contribution is -2.39. The Morgan fingerprint density at radius 3 is 2.76 bits per heavy atom. The number of hydrogen-bond acceptors (Lipinski definition) is 3. The third-order valence-electron chi connectivity index (χ3n) is 4.24. The third kappa shape index (κ3) is 4.51. The van der Waals surface area contributed by atoms with Gasteiger partial charge in [0.2, 0.25) is 0 Å². The van der Waals surface area contributed by atoms with Crippen LogP contribution in [-0.2, 0) is 16.3 Å². The first-order chi connectivity index (χ1) is 9.91. The average Bonchev–Trinajstić information content (AvgIpc) is 2.77. The highest BCUT2D eigenvalue weighted by Crippen LogP contribution is 2.25. The van der Waals surface area contributed by atoms with E-state index in [0.717, 1.165) is 36.9 Å². The van der Waals surface area contributed by atoms with Gasteiger partial charge in [-0.3, -0.25) is 0 Å². The van der Waals surface area contributed by atoms with E-state index in [9.17, 15) is 12.8 Å². The predicted molar refractivity (Wildman–Crippen MR) is 83.7 cm³/mol. The van der Waals surface area contributed by atoms with Crippen LogP contribution in [0.2, 0.25) is 0 Å². The molecule has 0 spiro atoms. The molecule has 0 aliphatic carbocycles. The summed E-state index contributed by atoms with van der Waals surface area (Å²) in [6.45, 7) is 4.88. The molecule has 1 aromatic carbocycles. The van der Waals surface area contributed by atoms with Crippen molar-refractivity contribution in [3.63, 3.8) is 0 Å². The van der Waals surface area contributed by atoms with Crippen molar-refractivity contribution in [2.75, 3.05) is 18.1 Å². The molecule has 0 amide bonds. The van der Waals surface area contributed by atoms with Crippen LogP contribution < -0.4 is 5.32 Å². The van der Waals surface area contributed by atoms with E-state index >= 15 is 0 Å². The summed E-state index contributed by atoms with van der Waals surface area (Å²) in [5, 5.41) is 3.48. The minimum absolute atomic E-state index is 0.145. The van der Waals surface area contributed by atoms with E-state index in [1.54, 1.807) is 0 Å². The highest BCUT2D eigenvalue weighted by atomic mass is 32.2. The molecule has 0 saturated carbocycles. The molecule has 1 aromatic rings. The van der Waals surface area contributed by atoms with E-state index in [1.165, 1.54) is 12.1 Å². The fraction of sp³-hybridized carbons (Fsp3) is 0.625. The minimum atomic E-state index is -2.87. The van der Waals surface area contributed by atoms with Gasteiger partial charge in [0.05, 0.1) is 11.5 Å². The first kappa shape index (κ1) is 16.4. The van der Waals surface area contributed by atoms with E-state index in [2.05, 4.69) is 12.2 Å². The molecule has 1 aliphatic rings. The van der Waals surface area contributed by atoms with Gasteiger partial charge in [-0.2, -0.15) is 0 Å². The molecule has 2 unspecified atom stereocenters. The standard InChI is InChI=1S/C16H24FNO2S/c1-3-7-18-16(14-6-8-21(19,20)11-14)10-13-4-5-15(17)9-12(13)2/h4-5,9,14,16,18H,3,6-8,10-11H2,1-2H3. The maximum atomic E-state index is 13.2. The highest BCUT2D eigenvalue weighted by molar-refractivity contribution is 7.91. The van der Waals surface area contributed by atoms with E-state index in [4.69, 9.17) is 0 Å². The number of rotatable bonds is 6. The van der Waals surface area contributed by atoms with Gasteiger partial charge >= 0.3 is 0 Å². The van der Waals surface area contributed by atoms with Crippen molar-refractivity contribution in [1.82, 2.24) is 5.32 Å². The molecule has 1 fully saturated rings. The summed E-state index contributed by atoms with van der Waals surface area (Å²) in [5.41, 5.74) is 2.02. The molecular formula is C16H24FNO2S. The maximum absolute atomic E-state index is 13.2. The predicted octanol–water partition coefficient (Wildman–Crippen LogP) is 2.48. The van der Waals surface area contributed by atoms with Crippen molar-refractivity contribution in [3.8, 4) is 0 Å². The van der Waals surface area contributed by atoms with Crippen LogP contribution in [0.15, 0.2) is 18.2 Å². The van der Waals surface area contributed by atoms with Gasteiger partial charge in [0.25, 0.3) is 0 Å². The van der Waals surface area contributed by atoms with Crippen LogP contribution in [0.1, 0.15) is 30.9 Å². The van der Waals surface area contributed by atoms with Crippen LogP contribution in [0.25, 0.3) is 0 Å². The van der Waals surface area contributed by atoms with E-state index in [0.29, 0.717) is 5.75 Å². The summed E-state index contributed by atoms with van der Waals surface area (Å²) < 4.78 is 36.6. The van der Waals surface area contributed by atoms with Crippen molar-refractivity contribution in [1.29, 1.82) is 0 Å². The number of halogens is 1. The number of sulfone groups is 1. The Morgan fingerprint density at radius 2 is 2.19 bits per heavy atom. The summed E-state index contributed by atoms with van der Waals surface area (Å²) in [5.74, 6) is 0.502. The summed E-state index contributed by atoms with van der Waals surface area (Å²) in [6.07, 6.45) is 2.49. The molecule has 118 valence electrons. The lowest BCUT2D eigenvalue weighted by Gasteiger charge is -2.25. The smallest absolute Gasteiger partial charge is 0.150 e. The molecule has 1 N–H and O–H groups in total. The molecule has 0 bridgehead atoms. The Bertz CT molecular complexity index is 586. The van der Waals surface area contributed by atoms with Crippen molar-refractivity contribution in [2.45, 2.75) is 39.2 Å². The topological polar surface area (TPSA) is 46.2 Å². The largest absolute Gasteiger partial charge is 0.313 e. The second-order valence-corrected chi connectivity index (χ2v) is 8.23. The average molecular weight is 313 g/mol. The Morgan fingerprint density at radius 1 is 1.43 bits per heavy atom. The summed E-state index contributed by atoms with van der Waals surface area (Å²) >= 11 is 0. The second kappa shape index (κ2) is 6.88. The highest BCUT2D eigenvalue weighted by Gasteiger charge is 2.33. The van der Waals surface area contributed by atoms with Crippen LogP contribution in [0.5, 0.6) is 0 Å². The Kier molecular flexibility index (Phi) is 5.38. The zero-order chi connectivity index (χ0) is 15.5. The van der Waals surface area contributed by atoms with Gasteiger partial charge in [0.15, 0.2) is 9.84 Å². The Balaban J connectivity index is 2.12. The molecule has 3 nitrogen and oxygen atoms in total. The van der Waals surface area contributed by atoms with Crippen molar-refractivity contribution in [3.05, 3.63) is 35.1 Å². The molecule has 1 heterocycles. The number of hydrogen-bond donors (Lipinski definition) is 1. The Labute approximate surface area is 126 Å². The summed E-state index contributed by atoms with van der Waals surface area (Å²) in [6, 6.07) is 4.98. The fourth-order valence-corrected chi connectivity index (χ4v) is 4.88. The quantitative estimate of drug-likeness (QED) is 0.877. The molecular weight excluding hydrogens is 289 g/mol. The van der Waals surface area contributed by atoms with Crippen molar-refractivity contribution < 1.29 is 12.8 Å². The van der Waals surface area contributed by atoms with Crippen LogP contribution >= 0.6 is 0 Å². The maximum Gasteiger partial charge on any atom is 0.150 e. The molecule has 1 saturated heterocycles. The van der Waals surface area contributed by atoms with Gasteiger partial charge in [-0.1, -0.05) is 13.0 Å². The monoisotopic (exact) mass is 313 g/mol. The van der Waals surface area contributed by atoms with Gasteiger partial charge in [-0.25, -0.2) is 12.8 Å². The van der Waals surface area contributed by atoms with E-state index < -0.39 is 9.84 Å². The minimum Gasteiger partial charge on any atom is -0.313 e. The van der Waals surface area contributed by atoms with Crippen LogP contribution in [-0.4, -0.2) is 32.5 Å². The van der Waals surface area contributed by atoms with Gasteiger partial charge in [-0.05, 0) is 61.9 Å². The van der Waals surface area contributed by atoms with Crippen molar-refractivity contribution >= 4 is 9.84 Å². The van der Waals surface area contributed by atoms with Crippen LogP contribution in [0.3, 0.4) is 0 Å². The summed E-state index contributed by atoms with van der Waals surface area (Å²) in [4.78, 5) is 0. The lowest BCUT2D eigenvalue weighted by molar-refractivity contribution is 0.378. The van der Waals surface area contributed by atoms with Crippen LogP contribution in [0, 0.1) is 18.7 Å². The molecule has 5 heteroatoms. The summed E-state index contributed by atoms with van der Waals surface area (Å²) in [7, 11) is -2.87. The number of benzene rings is 1. The zero-order valence-electron chi connectivity index (χ0n) is 12.7. The third-order valence-corrected chi connectivity index (χ3v) is 6.03. The first-order valence-corrected chi connectivity index (χ1v) is 9.42. The molecule has 0 aromatic heterocycles. The van der Waals surface area contributed by atoms with Crippen LogP contribution in [0.4, 0.5) is 4.39 Å². The SMILES string of the molecule is CCCNC(Cc1ccc(F)cc1C)C1CCS(=O)(=O)C1. The van der Waals surface area contributed by atoms with Gasteiger partial charge in [0.1, 0.15) is 5.82 Å². The fourth-order valence-electron chi connectivity index (χ4n) is 3.00. The van der Waals surface area contributed by atoms with E-state index in [-0.39, 0.29) is 23.5 Å². The second-order valence-electron chi connectivity index (χ2n) is 6.00. The Hall–Kier alpha value is -0.940. The number of nitrogens with one attached hydrogen (secondary N) is 1.